The van der Waals surface area contributed by atoms with Crippen molar-refractivity contribution in [2.45, 2.75) is 39.2 Å². The molecule has 4 rings (SSSR count). The lowest BCUT2D eigenvalue weighted by Crippen LogP contribution is -2.36. The summed E-state index contributed by atoms with van der Waals surface area (Å²) in [6.07, 6.45) is 10.8. The Morgan fingerprint density at radius 1 is 1.17 bits per heavy atom. The molecule has 148 valence electrons. The molecule has 0 radical (unpaired) electrons. The van der Waals surface area contributed by atoms with Crippen molar-refractivity contribution in [3.63, 3.8) is 0 Å². The van der Waals surface area contributed by atoms with E-state index in [4.69, 9.17) is 0 Å². The van der Waals surface area contributed by atoms with E-state index in [1.165, 1.54) is 0 Å². The topological polar surface area (TPSA) is 63.9 Å². The van der Waals surface area contributed by atoms with Crippen molar-refractivity contribution in [2.24, 2.45) is 0 Å². The summed E-state index contributed by atoms with van der Waals surface area (Å²) < 4.78 is 1.77. The standard InChI is InChI=1S/C23H25N5O/c1-3-4-9-20-10-6-13-28(20)23(29)19-8-5-7-18(14-19)21-11-12-22(26-17(21)2)27-15-24-25-16-27/h5-8,10-12,14-16,20H,3-4,9,13H2,1-2H3/t20-/m0/s1. The van der Waals surface area contributed by atoms with Crippen LogP contribution in [0.3, 0.4) is 0 Å². The number of benzene rings is 1. The number of carbonyl (C=O) groups excluding carboxylic acids is 1. The van der Waals surface area contributed by atoms with E-state index in [0.717, 1.165) is 47.5 Å². The maximum Gasteiger partial charge on any atom is 0.254 e. The van der Waals surface area contributed by atoms with Crippen LogP contribution >= 0.6 is 0 Å². The maximum absolute atomic E-state index is 13.2. The summed E-state index contributed by atoms with van der Waals surface area (Å²) in [5.41, 5.74) is 3.62. The molecule has 6 heteroatoms. The Morgan fingerprint density at radius 3 is 2.76 bits per heavy atom. The van der Waals surface area contributed by atoms with Gasteiger partial charge in [-0.3, -0.25) is 9.36 Å². The third kappa shape index (κ3) is 3.97. The van der Waals surface area contributed by atoms with E-state index in [0.29, 0.717) is 6.54 Å². The van der Waals surface area contributed by atoms with Crippen molar-refractivity contribution in [3.8, 4) is 16.9 Å². The van der Waals surface area contributed by atoms with Gasteiger partial charge in [0.2, 0.25) is 0 Å². The molecule has 0 bridgehead atoms. The number of pyridine rings is 1. The molecule has 6 nitrogen and oxygen atoms in total. The lowest BCUT2D eigenvalue weighted by Gasteiger charge is -2.25. The number of rotatable bonds is 6. The fourth-order valence-electron chi connectivity index (χ4n) is 3.77. The number of amides is 1. The molecular formula is C23H25N5O. The molecule has 0 fully saturated rings. The number of nitrogens with zero attached hydrogens (tertiary/aromatic N) is 5. The molecule has 1 aromatic carbocycles. The molecule has 1 aliphatic rings. The highest BCUT2D eigenvalue weighted by Gasteiger charge is 2.25. The van der Waals surface area contributed by atoms with E-state index < -0.39 is 0 Å². The number of aromatic nitrogens is 4. The molecule has 1 aliphatic heterocycles. The van der Waals surface area contributed by atoms with Gasteiger partial charge >= 0.3 is 0 Å². The van der Waals surface area contributed by atoms with E-state index in [1.807, 2.05) is 48.2 Å². The van der Waals surface area contributed by atoms with E-state index in [2.05, 4.69) is 34.3 Å². The summed E-state index contributed by atoms with van der Waals surface area (Å²) >= 11 is 0. The first-order valence-corrected chi connectivity index (χ1v) is 10.1. The van der Waals surface area contributed by atoms with Gasteiger partial charge in [-0.25, -0.2) is 4.98 Å². The van der Waals surface area contributed by atoms with Gasteiger partial charge in [-0.05, 0) is 43.2 Å². The molecule has 29 heavy (non-hydrogen) atoms. The maximum atomic E-state index is 13.2. The second kappa shape index (κ2) is 8.39. The summed E-state index contributed by atoms with van der Waals surface area (Å²) in [6.45, 7) is 4.84. The predicted molar refractivity (Wildman–Crippen MR) is 113 cm³/mol. The molecule has 1 atom stereocenters. The summed E-state index contributed by atoms with van der Waals surface area (Å²) in [5, 5.41) is 7.66. The molecule has 0 spiro atoms. The molecule has 0 saturated carbocycles. The van der Waals surface area contributed by atoms with Crippen LogP contribution in [0.25, 0.3) is 16.9 Å². The SMILES string of the molecule is CCCC[C@H]1C=CCN1C(=O)c1cccc(-c2ccc(-n3cnnc3)nc2C)c1. The van der Waals surface area contributed by atoms with Crippen molar-refractivity contribution in [2.75, 3.05) is 6.54 Å². The Kier molecular flexibility index (Phi) is 5.51. The Hall–Kier alpha value is -3.28. The minimum atomic E-state index is 0.0877. The van der Waals surface area contributed by atoms with Crippen LogP contribution in [-0.2, 0) is 0 Å². The first-order chi connectivity index (χ1) is 14.2. The highest BCUT2D eigenvalue weighted by molar-refractivity contribution is 5.96. The number of hydrogen-bond acceptors (Lipinski definition) is 4. The average Bonchev–Trinajstić information content (AvgIpc) is 3.44. The first kappa shape index (κ1) is 19.1. The summed E-state index contributed by atoms with van der Waals surface area (Å²) in [5.74, 6) is 0.857. The van der Waals surface area contributed by atoms with E-state index in [1.54, 1.807) is 17.2 Å². The monoisotopic (exact) mass is 387 g/mol. The van der Waals surface area contributed by atoms with Crippen LogP contribution < -0.4 is 0 Å². The minimum absolute atomic E-state index is 0.0877. The van der Waals surface area contributed by atoms with Crippen molar-refractivity contribution in [3.05, 3.63) is 72.5 Å². The van der Waals surface area contributed by atoms with Gasteiger partial charge in [0.05, 0.1) is 6.04 Å². The van der Waals surface area contributed by atoms with Crippen LogP contribution in [0.5, 0.6) is 0 Å². The zero-order valence-corrected chi connectivity index (χ0v) is 16.8. The Balaban J connectivity index is 1.58. The third-order valence-electron chi connectivity index (χ3n) is 5.35. The molecule has 0 aliphatic carbocycles. The van der Waals surface area contributed by atoms with Crippen LogP contribution in [0.15, 0.2) is 61.2 Å². The Labute approximate surface area is 170 Å². The number of aryl methyl sites for hydroxylation is 1. The molecule has 0 saturated heterocycles. The summed E-state index contributed by atoms with van der Waals surface area (Å²) in [7, 11) is 0. The largest absolute Gasteiger partial charge is 0.328 e. The first-order valence-electron chi connectivity index (χ1n) is 10.1. The fraction of sp³-hybridized carbons (Fsp3) is 0.304. The van der Waals surface area contributed by atoms with Crippen molar-refractivity contribution >= 4 is 5.91 Å². The molecule has 0 N–H and O–H groups in total. The highest BCUT2D eigenvalue weighted by Crippen LogP contribution is 2.26. The van der Waals surface area contributed by atoms with Crippen LogP contribution in [0.4, 0.5) is 0 Å². The molecule has 1 amide bonds. The summed E-state index contributed by atoms with van der Waals surface area (Å²) in [6, 6.07) is 12.0. The van der Waals surface area contributed by atoms with Gasteiger partial charge in [0.1, 0.15) is 18.5 Å². The zero-order valence-electron chi connectivity index (χ0n) is 16.8. The lowest BCUT2D eigenvalue weighted by molar-refractivity contribution is 0.0743. The zero-order chi connectivity index (χ0) is 20.2. The van der Waals surface area contributed by atoms with Gasteiger partial charge in [0.25, 0.3) is 5.91 Å². The lowest BCUT2D eigenvalue weighted by atomic mass is 10.0. The van der Waals surface area contributed by atoms with Crippen molar-refractivity contribution in [1.82, 2.24) is 24.6 Å². The molecule has 0 unspecified atom stereocenters. The van der Waals surface area contributed by atoms with Crippen LogP contribution in [0, 0.1) is 6.92 Å². The van der Waals surface area contributed by atoms with Crippen LogP contribution in [0.2, 0.25) is 0 Å². The number of hydrogen-bond donors (Lipinski definition) is 0. The summed E-state index contributed by atoms with van der Waals surface area (Å²) in [4.78, 5) is 19.8. The van der Waals surface area contributed by atoms with E-state index in [9.17, 15) is 4.79 Å². The average molecular weight is 387 g/mol. The normalized spacial score (nSPS) is 15.8. The Bertz CT molecular complexity index is 1030. The minimum Gasteiger partial charge on any atom is -0.328 e. The van der Waals surface area contributed by atoms with Gasteiger partial charge in [0.15, 0.2) is 0 Å². The smallest absolute Gasteiger partial charge is 0.254 e. The molecular weight excluding hydrogens is 362 g/mol. The number of unbranched alkanes of at least 4 members (excludes halogenated alkanes) is 1. The van der Waals surface area contributed by atoms with Gasteiger partial charge in [-0.1, -0.05) is 44.1 Å². The molecule has 2 aromatic heterocycles. The van der Waals surface area contributed by atoms with Crippen LogP contribution in [-0.4, -0.2) is 43.1 Å². The quantitative estimate of drug-likeness (QED) is 0.595. The molecule has 3 heterocycles. The van der Waals surface area contributed by atoms with Crippen LogP contribution in [0.1, 0.15) is 42.2 Å². The van der Waals surface area contributed by atoms with Gasteiger partial charge in [0, 0.05) is 23.4 Å². The third-order valence-corrected chi connectivity index (χ3v) is 5.35. The second-order valence-corrected chi connectivity index (χ2v) is 7.35. The van der Waals surface area contributed by atoms with Crippen molar-refractivity contribution < 1.29 is 4.79 Å². The highest BCUT2D eigenvalue weighted by atomic mass is 16.2. The van der Waals surface area contributed by atoms with Crippen molar-refractivity contribution in [1.29, 1.82) is 0 Å². The fourth-order valence-corrected chi connectivity index (χ4v) is 3.77. The van der Waals surface area contributed by atoms with Gasteiger partial charge in [-0.15, -0.1) is 10.2 Å². The van der Waals surface area contributed by atoms with E-state index >= 15 is 0 Å². The Morgan fingerprint density at radius 2 is 2.00 bits per heavy atom. The van der Waals surface area contributed by atoms with Gasteiger partial charge in [-0.2, -0.15) is 0 Å². The predicted octanol–water partition coefficient (Wildman–Crippen LogP) is 4.21. The number of carbonyl (C=O) groups is 1. The van der Waals surface area contributed by atoms with Gasteiger partial charge < -0.3 is 4.90 Å². The van der Waals surface area contributed by atoms with E-state index in [-0.39, 0.29) is 11.9 Å². The second-order valence-electron chi connectivity index (χ2n) is 7.35. The molecule has 3 aromatic rings.